The van der Waals surface area contributed by atoms with Crippen LogP contribution in [0, 0.1) is 5.92 Å². The van der Waals surface area contributed by atoms with Crippen molar-refractivity contribution in [3.63, 3.8) is 0 Å². The number of rotatable bonds is 6. The fraction of sp³-hybridized carbons (Fsp3) is 0.778. The van der Waals surface area contributed by atoms with Gasteiger partial charge in [0.2, 0.25) is 5.91 Å². The van der Waals surface area contributed by atoms with Gasteiger partial charge in [-0.3, -0.25) is 9.59 Å². The van der Waals surface area contributed by atoms with Gasteiger partial charge in [0, 0.05) is 19.4 Å². The number of amides is 1. The fourth-order valence-corrected chi connectivity index (χ4v) is 1.26. The molecule has 4 heteroatoms. The largest absolute Gasteiger partial charge is 0.481 e. The molecule has 0 aliphatic heterocycles. The zero-order valence-electron chi connectivity index (χ0n) is 8.17. The van der Waals surface area contributed by atoms with Crippen LogP contribution in [-0.4, -0.2) is 24.0 Å². The summed E-state index contributed by atoms with van der Waals surface area (Å²) in [5.41, 5.74) is 0. The van der Waals surface area contributed by atoms with Crippen molar-refractivity contribution >= 4 is 11.9 Å². The van der Waals surface area contributed by atoms with E-state index < -0.39 is 5.97 Å². The van der Waals surface area contributed by atoms with Gasteiger partial charge >= 0.3 is 5.97 Å². The Kier molecular flexibility index (Phi) is 5.93. The molecule has 0 saturated heterocycles. The van der Waals surface area contributed by atoms with Crippen LogP contribution in [-0.2, 0) is 9.59 Å². The normalized spacial score (nSPS) is 12.2. The van der Waals surface area contributed by atoms with E-state index in [1.807, 2.05) is 6.92 Å². The molecular weight excluding hydrogens is 170 g/mol. The lowest BCUT2D eigenvalue weighted by Gasteiger charge is -2.12. The summed E-state index contributed by atoms with van der Waals surface area (Å²) < 4.78 is 0. The zero-order chi connectivity index (χ0) is 10.3. The van der Waals surface area contributed by atoms with Crippen LogP contribution in [0.1, 0.15) is 32.6 Å². The first-order chi connectivity index (χ1) is 6.11. The highest BCUT2D eigenvalue weighted by Gasteiger charge is 2.16. The Bertz CT molecular complexity index is 180. The van der Waals surface area contributed by atoms with Gasteiger partial charge in [-0.05, 0) is 12.8 Å². The maximum atomic E-state index is 11.2. The predicted octanol–water partition coefficient (Wildman–Crippen LogP) is 1.01. The van der Waals surface area contributed by atoms with Gasteiger partial charge in [0.1, 0.15) is 0 Å². The molecule has 0 aliphatic carbocycles. The van der Waals surface area contributed by atoms with Gasteiger partial charge in [0.05, 0.1) is 0 Å². The minimum atomic E-state index is -0.843. The lowest BCUT2D eigenvalue weighted by atomic mass is 9.97. The first kappa shape index (κ1) is 11.9. The number of carbonyl (C=O) groups excluding carboxylic acids is 1. The smallest absolute Gasteiger partial charge is 0.303 e. The number of hydrogen-bond acceptors (Lipinski definition) is 2. The second kappa shape index (κ2) is 6.46. The van der Waals surface area contributed by atoms with Crippen LogP contribution in [0.5, 0.6) is 0 Å². The standard InChI is InChI=1S/C9H17NO3/c1-3-4-7(9(13)10-2)5-6-8(11)12/h7H,3-6H2,1-2H3,(H,10,13)(H,11,12). The summed E-state index contributed by atoms with van der Waals surface area (Å²) in [6.45, 7) is 1.98. The summed E-state index contributed by atoms with van der Waals surface area (Å²) in [6, 6.07) is 0. The molecule has 0 heterocycles. The van der Waals surface area contributed by atoms with E-state index in [0.717, 1.165) is 12.8 Å². The molecule has 0 aromatic heterocycles. The predicted molar refractivity (Wildman–Crippen MR) is 49.3 cm³/mol. The van der Waals surface area contributed by atoms with Gasteiger partial charge < -0.3 is 10.4 Å². The van der Waals surface area contributed by atoms with Crippen molar-refractivity contribution in [2.45, 2.75) is 32.6 Å². The number of nitrogens with one attached hydrogen (secondary N) is 1. The monoisotopic (exact) mass is 187 g/mol. The van der Waals surface area contributed by atoms with Crippen LogP contribution < -0.4 is 5.32 Å². The van der Waals surface area contributed by atoms with E-state index in [1.165, 1.54) is 0 Å². The van der Waals surface area contributed by atoms with E-state index in [-0.39, 0.29) is 18.2 Å². The summed E-state index contributed by atoms with van der Waals surface area (Å²) in [5.74, 6) is -1.04. The Morgan fingerprint density at radius 1 is 1.38 bits per heavy atom. The SMILES string of the molecule is CCCC(CCC(=O)O)C(=O)NC. The minimum absolute atomic E-state index is 0.0527. The number of hydrogen-bond donors (Lipinski definition) is 2. The van der Waals surface area contributed by atoms with E-state index in [0.29, 0.717) is 6.42 Å². The Labute approximate surface area is 78.3 Å². The third kappa shape index (κ3) is 5.22. The van der Waals surface area contributed by atoms with Gasteiger partial charge in [-0.2, -0.15) is 0 Å². The average Bonchev–Trinajstić information content (AvgIpc) is 2.10. The van der Waals surface area contributed by atoms with E-state index in [1.54, 1.807) is 7.05 Å². The van der Waals surface area contributed by atoms with Crippen molar-refractivity contribution in [2.75, 3.05) is 7.05 Å². The van der Waals surface area contributed by atoms with Crippen LogP contribution in [0.15, 0.2) is 0 Å². The molecule has 0 bridgehead atoms. The maximum Gasteiger partial charge on any atom is 0.303 e. The highest BCUT2D eigenvalue weighted by Crippen LogP contribution is 2.13. The molecule has 1 atom stereocenters. The Morgan fingerprint density at radius 2 is 2.00 bits per heavy atom. The number of carbonyl (C=O) groups is 2. The van der Waals surface area contributed by atoms with Crippen LogP contribution >= 0.6 is 0 Å². The van der Waals surface area contributed by atoms with Crippen LogP contribution in [0.25, 0.3) is 0 Å². The second-order valence-electron chi connectivity index (χ2n) is 3.03. The molecule has 0 radical (unpaired) electrons. The van der Waals surface area contributed by atoms with Crippen molar-refractivity contribution in [2.24, 2.45) is 5.92 Å². The Hall–Kier alpha value is -1.06. The summed E-state index contributed by atoms with van der Waals surface area (Å²) in [6.07, 6.45) is 2.16. The number of aliphatic carboxylic acids is 1. The molecule has 0 aromatic rings. The molecule has 13 heavy (non-hydrogen) atoms. The highest BCUT2D eigenvalue weighted by molar-refractivity contribution is 5.79. The molecule has 0 fully saturated rings. The van der Waals surface area contributed by atoms with Crippen molar-refractivity contribution in [1.82, 2.24) is 5.32 Å². The summed E-state index contributed by atoms with van der Waals surface area (Å²) in [7, 11) is 1.58. The maximum absolute atomic E-state index is 11.2. The van der Waals surface area contributed by atoms with Crippen LogP contribution in [0.2, 0.25) is 0 Å². The Balaban J connectivity index is 3.93. The van der Waals surface area contributed by atoms with Gasteiger partial charge in [-0.1, -0.05) is 13.3 Å². The highest BCUT2D eigenvalue weighted by atomic mass is 16.4. The Morgan fingerprint density at radius 3 is 2.38 bits per heavy atom. The number of carboxylic acids is 1. The fourth-order valence-electron chi connectivity index (χ4n) is 1.26. The van der Waals surface area contributed by atoms with Crippen molar-refractivity contribution in [3.8, 4) is 0 Å². The van der Waals surface area contributed by atoms with Gasteiger partial charge in [0.25, 0.3) is 0 Å². The molecule has 0 rings (SSSR count). The lowest BCUT2D eigenvalue weighted by molar-refractivity contribution is -0.137. The zero-order valence-corrected chi connectivity index (χ0v) is 8.17. The quantitative estimate of drug-likeness (QED) is 0.652. The van der Waals surface area contributed by atoms with Crippen molar-refractivity contribution in [1.29, 1.82) is 0 Å². The summed E-state index contributed by atoms with van der Waals surface area (Å²) in [5, 5.41) is 11.0. The summed E-state index contributed by atoms with van der Waals surface area (Å²) in [4.78, 5) is 21.5. The van der Waals surface area contributed by atoms with E-state index in [9.17, 15) is 9.59 Å². The van der Waals surface area contributed by atoms with Gasteiger partial charge in [-0.15, -0.1) is 0 Å². The first-order valence-electron chi connectivity index (χ1n) is 4.55. The molecule has 0 saturated carbocycles. The average molecular weight is 187 g/mol. The summed E-state index contributed by atoms with van der Waals surface area (Å²) >= 11 is 0. The molecule has 76 valence electrons. The van der Waals surface area contributed by atoms with Crippen molar-refractivity contribution < 1.29 is 14.7 Å². The molecule has 1 unspecified atom stereocenters. The third-order valence-corrected chi connectivity index (χ3v) is 1.96. The third-order valence-electron chi connectivity index (χ3n) is 1.96. The topological polar surface area (TPSA) is 66.4 Å². The van der Waals surface area contributed by atoms with Crippen LogP contribution in [0.3, 0.4) is 0 Å². The van der Waals surface area contributed by atoms with E-state index >= 15 is 0 Å². The number of carboxylic acid groups (broad SMARTS) is 1. The molecule has 0 spiro atoms. The molecule has 2 N–H and O–H groups in total. The van der Waals surface area contributed by atoms with Gasteiger partial charge in [-0.25, -0.2) is 0 Å². The molecule has 0 aromatic carbocycles. The first-order valence-corrected chi connectivity index (χ1v) is 4.55. The molecule has 0 aliphatic rings. The van der Waals surface area contributed by atoms with Gasteiger partial charge in [0.15, 0.2) is 0 Å². The molecular formula is C9H17NO3. The molecule has 1 amide bonds. The van der Waals surface area contributed by atoms with Crippen molar-refractivity contribution in [3.05, 3.63) is 0 Å². The minimum Gasteiger partial charge on any atom is -0.481 e. The molecule has 4 nitrogen and oxygen atoms in total. The van der Waals surface area contributed by atoms with E-state index in [2.05, 4.69) is 5.32 Å². The second-order valence-corrected chi connectivity index (χ2v) is 3.03. The lowest BCUT2D eigenvalue weighted by Crippen LogP contribution is -2.27. The van der Waals surface area contributed by atoms with Crippen LogP contribution in [0.4, 0.5) is 0 Å². The van der Waals surface area contributed by atoms with E-state index in [4.69, 9.17) is 5.11 Å².